The van der Waals surface area contributed by atoms with Gasteiger partial charge in [0, 0.05) is 11.8 Å². The van der Waals surface area contributed by atoms with Crippen LogP contribution >= 0.6 is 0 Å². The fourth-order valence-electron chi connectivity index (χ4n) is 3.23. The van der Waals surface area contributed by atoms with Crippen LogP contribution in [-0.4, -0.2) is 19.9 Å². The number of nitrogens with zero attached hydrogens (tertiary/aromatic N) is 1. The van der Waals surface area contributed by atoms with Crippen LogP contribution in [-0.2, 0) is 19.2 Å². The van der Waals surface area contributed by atoms with E-state index < -0.39 is 10.1 Å². The van der Waals surface area contributed by atoms with Gasteiger partial charge in [-0.3, -0.25) is 9.08 Å². The van der Waals surface area contributed by atoms with E-state index in [1.54, 1.807) is 25.1 Å². The van der Waals surface area contributed by atoms with Crippen molar-refractivity contribution in [2.75, 3.05) is 0 Å². The fourth-order valence-corrected chi connectivity index (χ4v) is 3.97. The number of hydrogen-bond donors (Lipinski definition) is 0. The molecule has 2 atom stereocenters. The van der Waals surface area contributed by atoms with Crippen LogP contribution in [0.1, 0.15) is 26.3 Å². The fraction of sp³-hybridized carbons (Fsp3) is 0.412. The number of carbonyl (C=O) groups is 1. The van der Waals surface area contributed by atoms with Crippen LogP contribution in [0, 0.1) is 24.2 Å². The lowest BCUT2D eigenvalue weighted by Crippen LogP contribution is -2.16. The molecule has 0 N–H and O–H groups in total. The van der Waals surface area contributed by atoms with Crippen molar-refractivity contribution >= 4 is 21.6 Å². The van der Waals surface area contributed by atoms with Gasteiger partial charge in [-0.25, -0.2) is 0 Å². The molecule has 2 aliphatic carbocycles. The zero-order valence-electron chi connectivity index (χ0n) is 13.5. The van der Waals surface area contributed by atoms with Gasteiger partial charge in [0.05, 0.1) is 5.71 Å². The molecular weight excluding hydrogens is 314 g/mol. The Morgan fingerprint density at radius 3 is 2.30 bits per heavy atom. The number of fused-ring (bicyclic) bond motifs is 1. The highest BCUT2D eigenvalue weighted by atomic mass is 32.2. The van der Waals surface area contributed by atoms with E-state index in [0.29, 0.717) is 11.3 Å². The summed E-state index contributed by atoms with van der Waals surface area (Å²) in [6.45, 7) is 7.56. The van der Waals surface area contributed by atoms with Crippen LogP contribution in [0.4, 0.5) is 0 Å². The highest BCUT2D eigenvalue weighted by Crippen LogP contribution is 2.61. The Bertz CT molecular complexity index is 832. The van der Waals surface area contributed by atoms with E-state index in [4.69, 9.17) is 4.28 Å². The summed E-state index contributed by atoms with van der Waals surface area (Å²) in [6, 6.07) is 6.37. The molecular formula is C17H19NO4S. The Labute approximate surface area is 136 Å². The van der Waals surface area contributed by atoms with Gasteiger partial charge in [0.25, 0.3) is 0 Å². The van der Waals surface area contributed by atoms with E-state index in [1.165, 1.54) is 12.1 Å². The van der Waals surface area contributed by atoms with Gasteiger partial charge in [0.15, 0.2) is 5.78 Å². The number of allylic oxidation sites excluding steroid dienone is 2. The van der Waals surface area contributed by atoms with Crippen LogP contribution in [0.5, 0.6) is 0 Å². The van der Waals surface area contributed by atoms with Gasteiger partial charge in [0.1, 0.15) is 4.90 Å². The number of Topliss-reactive ketones (excluding diaryl/α,β-unsaturated/α-hetero) is 1. The largest absolute Gasteiger partial charge is 0.358 e. The third-order valence-electron chi connectivity index (χ3n) is 4.73. The first kappa shape index (κ1) is 15.9. The number of aryl methyl sites for hydroxylation is 1. The second-order valence-corrected chi connectivity index (χ2v) is 8.35. The Morgan fingerprint density at radius 1 is 1.09 bits per heavy atom. The van der Waals surface area contributed by atoms with Gasteiger partial charge in [0.2, 0.25) is 0 Å². The second-order valence-electron chi connectivity index (χ2n) is 6.83. The molecule has 5 nitrogen and oxygen atoms in total. The number of oxime groups is 1. The van der Waals surface area contributed by atoms with Crippen molar-refractivity contribution in [1.29, 1.82) is 0 Å². The first-order chi connectivity index (χ1) is 10.6. The standard InChI is InChI=1S/C17H19NO4S/c1-10-5-7-12(8-6-10)23(20,21)22-18-13-9-11(2)16(19)15-14(13)17(15,3)4/h5-9,14-15H,1-4H3/b18-13-/t14-,15-/m0/s1. The number of carbonyl (C=O) groups excluding carboxylic acids is 1. The van der Waals surface area contributed by atoms with Gasteiger partial charge < -0.3 is 0 Å². The molecule has 23 heavy (non-hydrogen) atoms. The SMILES string of the molecule is CC1=C/C(=N/OS(=O)(=O)c2ccc(C)cc2)[C@H]2[C@@H](C1=O)C2(C)C. The molecule has 2 aliphatic rings. The minimum atomic E-state index is -3.95. The Balaban J connectivity index is 1.88. The van der Waals surface area contributed by atoms with Crippen molar-refractivity contribution < 1.29 is 17.5 Å². The molecule has 0 aliphatic heterocycles. The second kappa shape index (κ2) is 5.03. The molecule has 1 aromatic rings. The van der Waals surface area contributed by atoms with Crippen LogP contribution in [0.2, 0.25) is 0 Å². The lowest BCUT2D eigenvalue weighted by atomic mass is 9.98. The third kappa shape index (κ3) is 2.61. The Kier molecular flexibility index (Phi) is 3.48. The molecule has 1 fully saturated rings. The van der Waals surface area contributed by atoms with Gasteiger partial charge in [-0.1, -0.05) is 36.7 Å². The molecule has 0 bridgehead atoms. The van der Waals surface area contributed by atoms with Crippen molar-refractivity contribution in [3.05, 3.63) is 41.5 Å². The Morgan fingerprint density at radius 2 is 1.70 bits per heavy atom. The lowest BCUT2D eigenvalue weighted by Gasteiger charge is -2.09. The average molecular weight is 333 g/mol. The highest BCUT2D eigenvalue weighted by molar-refractivity contribution is 7.86. The summed E-state index contributed by atoms with van der Waals surface area (Å²) in [6.07, 6.45) is 1.63. The molecule has 0 unspecified atom stereocenters. The van der Waals surface area contributed by atoms with Gasteiger partial charge in [-0.2, -0.15) is 8.42 Å². The van der Waals surface area contributed by atoms with Crippen molar-refractivity contribution in [3.63, 3.8) is 0 Å². The van der Waals surface area contributed by atoms with E-state index in [2.05, 4.69) is 5.16 Å². The summed E-state index contributed by atoms with van der Waals surface area (Å²) < 4.78 is 29.3. The molecule has 6 heteroatoms. The maximum Gasteiger partial charge on any atom is 0.358 e. The number of benzene rings is 1. The van der Waals surface area contributed by atoms with E-state index in [-0.39, 0.29) is 27.9 Å². The quantitative estimate of drug-likeness (QED) is 0.797. The monoisotopic (exact) mass is 333 g/mol. The van der Waals surface area contributed by atoms with Crippen LogP contribution in [0.3, 0.4) is 0 Å². The highest BCUT2D eigenvalue weighted by Gasteiger charge is 2.65. The molecule has 0 radical (unpaired) electrons. The summed E-state index contributed by atoms with van der Waals surface area (Å²) >= 11 is 0. The van der Waals surface area contributed by atoms with E-state index in [9.17, 15) is 13.2 Å². The molecule has 3 rings (SSSR count). The number of hydrogen-bond acceptors (Lipinski definition) is 5. The first-order valence-electron chi connectivity index (χ1n) is 7.45. The summed E-state index contributed by atoms with van der Waals surface area (Å²) in [5.74, 6) is -0.0933. The maximum absolute atomic E-state index is 12.2. The van der Waals surface area contributed by atoms with Crippen molar-refractivity contribution in [2.45, 2.75) is 32.6 Å². The van der Waals surface area contributed by atoms with Crippen molar-refractivity contribution in [3.8, 4) is 0 Å². The van der Waals surface area contributed by atoms with Crippen LogP contribution < -0.4 is 0 Å². The predicted octanol–water partition coefficient (Wildman–Crippen LogP) is 2.86. The third-order valence-corrected chi connectivity index (χ3v) is 5.85. The molecule has 0 amide bonds. The number of rotatable bonds is 3. The summed E-state index contributed by atoms with van der Waals surface area (Å²) in [5.41, 5.74) is 1.86. The molecule has 0 heterocycles. The molecule has 1 saturated carbocycles. The summed E-state index contributed by atoms with van der Waals surface area (Å²) in [7, 11) is -3.95. The minimum absolute atomic E-state index is 0.0617. The van der Waals surface area contributed by atoms with E-state index in [1.807, 2.05) is 20.8 Å². The molecule has 122 valence electrons. The predicted molar refractivity (Wildman–Crippen MR) is 86.4 cm³/mol. The lowest BCUT2D eigenvalue weighted by molar-refractivity contribution is -0.117. The van der Waals surface area contributed by atoms with Crippen molar-refractivity contribution in [1.82, 2.24) is 0 Å². The Hall–Kier alpha value is -1.95. The van der Waals surface area contributed by atoms with Gasteiger partial charge in [-0.15, -0.1) is 0 Å². The van der Waals surface area contributed by atoms with E-state index >= 15 is 0 Å². The maximum atomic E-state index is 12.2. The molecule has 0 aromatic heterocycles. The molecule has 0 saturated heterocycles. The van der Waals surface area contributed by atoms with Crippen molar-refractivity contribution in [2.24, 2.45) is 22.4 Å². The molecule has 0 spiro atoms. The zero-order chi connectivity index (χ0) is 17.0. The van der Waals surface area contributed by atoms with Crippen LogP contribution in [0.25, 0.3) is 0 Å². The zero-order valence-corrected chi connectivity index (χ0v) is 14.3. The topological polar surface area (TPSA) is 72.8 Å². The smallest absolute Gasteiger partial charge is 0.294 e. The van der Waals surface area contributed by atoms with E-state index in [0.717, 1.165) is 5.56 Å². The summed E-state index contributed by atoms with van der Waals surface area (Å²) in [4.78, 5) is 12.2. The van der Waals surface area contributed by atoms with Gasteiger partial charge in [-0.05, 0) is 43.0 Å². The molecule has 1 aromatic carbocycles. The normalized spacial score (nSPS) is 27.4. The number of ketones is 1. The average Bonchev–Trinajstić information content (AvgIpc) is 3.05. The van der Waals surface area contributed by atoms with Crippen LogP contribution in [0.15, 0.2) is 46.0 Å². The van der Waals surface area contributed by atoms with Gasteiger partial charge >= 0.3 is 10.1 Å². The first-order valence-corrected chi connectivity index (χ1v) is 8.86. The minimum Gasteiger partial charge on any atom is -0.294 e. The summed E-state index contributed by atoms with van der Waals surface area (Å²) in [5, 5.41) is 3.86.